The lowest BCUT2D eigenvalue weighted by Gasteiger charge is -2.20. The van der Waals surface area contributed by atoms with Crippen molar-refractivity contribution in [3.63, 3.8) is 0 Å². The van der Waals surface area contributed by atoms with Gasteiger partial charge in [0.2, 0.25) is 0 Å². The van der Waals surface area contributed by atoms with Gasteiger partial charge in [0.25, 0.3) is 0 Å². The maximum atomic E-state index is 11.1. The number of furan rings is 1. The Labute approximate surface area is 99.1 Å². The summed E-state index contributed by atoms with van der Waals surface area (Å²) in [6.07, 6.45) is 3.26. The van der Waals surface area contributed by atoms with Crippen LogP contribution in [0, 0.1) is 0 Å². The first-order valence-corrected chi connectivity index (χ1v) is 5.23. The summed E-state index contributed by atoms with van der Waals surface area (Å²) >= 11 is 0. The third-order valence-electron chi connectivity index (χ3n) is 2.55. The zero-order valence-corrected chi connectivity index (χ0v) is 9.46. The number of anilines is 1. The Morgan fingerprint density at radius 2 is 2.12 bits per heavy atom. The van der Waals surface area contributed by atoms with Gasteiger partial charge in [0.15, 0.2) is 0 Å². The van der Waals surface area contributed by atoms with Crippen molar-refractivity contribution in [3.8, 4) is 0 Å². The van der Waals surface area contributed by atoms with Crippen molar-refractivity contribution >= 4 is 11.7 Å². The first-order chi connectivity index (χ1) is 8.18. The van der Waals surface area contributed by atoms with E-state index in [0.717, 1.165) is 5.56 Å². The first kappa shape index (κ1) is 11.3. The highest BCUT2D eigenvalue weighted by Gasteiger charge is 2.12. The number of nitrogens with zero attached hydrogens (tertiary/aromatic N) is 1. The smallest absolute Gasteiger partial charge is 0.337 e. The fraction of sp³-hybridized carbons (Fsp3) is 0.154. The monoisotopic (exact) mass is 231 g/mol. The Hall–Kier alpha value is -2.23. The molecular weight excluding hydrogens is 218 g/mol. The molecule has 0 bridgehead atoms. The SMILES string of the molecule is CN(Cc1ccoc1)c1ccccc1C(=O)O. The lowest BCUT2D eigenvalue weighted by atomic mass is 10.1. The molecule has 4 heteroatoms. The third-order valence-corrected chi connectivity index (χ3v) is 2.55. The van der Waals surface area contributed by atoms with Gasteiger partial charge in [0.05, 0.1) is 23.8 Å². The van der Waals surface area contributed by atoms with E-state index in [2.05, 4.69) is 0 Å². The molecule has 0 saturated carbocycles. The Morgan fingerprint density at radius 3 is 2.76 bits per heavy atom. The maximum absolute atomic E-state index is 11.1. The molecule has 0 aliphatic carbocycles. The third kappa shape index (κ3) is 2.47. The predicted molar refractivity (Wildman–Crippen MR) is 64.2 cm³/mol. The molecule has 1 aromatic heterocycles. The zero-order valence-electron chi connectivity index (χ0n) is 9.46. The molecule has 1 heterocycles. The van der Waals surface area contributed by atoms with E-state index in [1.165, 1.54) is 0 Å². The molecule has 0 aliphatic rings. The van der Waals surface area contributed by atoms with Gasteiger partial charge in [0.1, 0.15) is 0 Å². The van der Waals surface area contributed by atoms with Crippen molar-refractivity contribution in [2.24, 2.45) is 0 Å². The summed E-state index contributed by atoms with van der Waals surface area (Å²) in [4.78, 5) is 13.0. The number of rotatable bonds is 4. The molecule has 88 valence electrons. The van der Waals surface area contributed by atoms with E-state index in [-0.39, 0.29) is 0 Å². The Kier molecular flexibility index (Phi) is 3.14. The van der Waals surface area contributed by atoms with Crippen LogP contribution in [-0.4, -0.2) is 18.1 Å². The molecule has 0 saturated heterocycles. The number of carbonyl (C=O) groups is 1. The summed E-state index contributed by atoms with van der Waals surface area (Å²) < 4.78 is 4.99. The van der Waals surface area contributed by atoms with E-state index in [9.17, 15) is 4.79 Å². The molecule has 17 heavy (non-hydrogen) atoms. The summed E-state index contributed by atoms with van der Waals surface area (Å²) in [5.74, 6) is -0.917. The highest BCUT2D eigenvalue weighted by molar-refractivity contribution is 5.94. The molecular formula is C13H13NO3. The van der Waals surface area contributed by atoms with Crippen LogP contribution < -0.4 is 4.90 Å². The van der Waals surface area contributed by atoms with Crippen LogP contribution in [0.4, 0.5) is 5.69 Å². The zero-order chi connectivity index (χ0) is 12.3. The summed E-state index contributed by atoms with van der Waals surface area (Å²) in [7, 11) is 1.86. The normalized spacial score (nSPS) is 10.2. The van der Waals surface area contributed by atoms with Gasteiger partial charge >= 0.3 is 5.97 Å². The minimum absolute atomic E-state index is 0.304. The Morgan fingerprint density at radius 1 is 1.35 bits per heavy atom. The largest absolute Gasteiger partial charge is 0.478 e. The van der Waals surface area contributed by atoms with E-state index in [1.54, 1.807) is 30.7 Å². The minimum Gasteiger partial charge on any atom is -0.478 e. The topological polar surface area (TPSA) is 53.7 Å². The van der Waals surface area contributed by atoms with Gasteiger partial charge in [-0.25, -0.2) is 4.79 Å². The van der Waals surface area contributed by atoms with Crippen LogP contribution in [0.3, 0.4) is 0 Å². The van der Waals surface area contributed by atoms with Crippen LogP contribution >= 0.6 is 0 Å². The molecule has 0 unspecified atom stereocenters. The fourth-order valence-electron chi connectivity index (χ4n) is 1.73. The fourth-order valence-corrected chi connectivity index (χ4v) is 1.73. The minimum atomic E-state index is -0.917. The predicted octanol–water partition coefficient (Wildman–Crippen LogP) is 2.61. The lowest BCUT2D eigenvalue weighted by molar-refractivity contribution is 0.0697. The summed E-state index contributed by atoms with van der Waals surface area (Å²) in [6.45, 7) is 0.612. The van der Waals surface area contributed by atoms with Gasteiger partial charge in [0, 0.05) is 19.2 Å². The molecule has 2 rings (SSSR count). The summed E-state index contributed by atoms with van der Waals surface area (Å²) in [6, 6.07) is 8.80. The van der Waals surface area contributed by atoms with Gasteiger partial charge in [-0.05, 0) is 18.2 Å². The molecule has 0 aliphatic heterocycles. The second-order valence-electron chi connectivity index (χ2n) is 3.81. The summed E-state index contributed by atoms with van der Waals surface area (Å²) in [5, 5.41) is 9.10. The van der Waals surface area contributed by atoms with Crippen LogP contribution in [0.2, 0.25) is 0 Å². The van der Waals surface area contributed by atoms with Gasteiger partial charge in [-0.15, -0.1) is 0 Å². The van der Waals surface area contributed by atoms with Gasteiger partial charge < -0.3 is 14.4 Å². The average molecular weight is 231 g/mol. The number of para-hydroxylation sites is 1. The number of carboxylic acid groups (broad SMARTS) is 1. The van der Waals surface area contributed by atoms with Crippen LogP contribution in [0.1, 0.15) is 15.9 Å². The number of hydrogen-bond acceptors (Lipinski definition) is 3. The lowest BCUT2D eigenvalue weighted by Crippen LogP contribution is -2.18. The Bertz CT molecular complexity index is 505. The van der Waals surface area contributed by atoms with E-state index < -0.39 is 5.97 Å². The molecule has 0 radical (unpaired) electrons. The van der Waals surface area contributed by atoms with Crippen molar-refractivity contribution in [1.82, 2.24) is 0 Å². The highest BCUT2D eigenvalue weighted by atomic mass is 16.4. The molecule has 0 fully saturated rings. The molecule has 1 aromatic carbocycles. The molecule has 2 aromatic rings. The van der Waals surface area contributed by atoms with Crippen molar-refractivity contribution in [1.29, 1.82) is 0 Å². The molecule has 0 spiro atoms. The standard InChI is InChI=1S/C13H13NO3/c1-14(8-10-6-7-17-9-10)12-5-3-2-4-11(12)13(15)16/h2-7,9H,8H2,1H3,(H,15,16). The van der Waals surface area contributed by atoms with Crippen LogP contribution in [0.5, 0.6) is 0 Å². The first-order valence-electron chi connectivity index (χ1n) is 5.23. The molecule has 4 nitrogen and oxygen atoms in total. The van der Waals surface area contributed by atoms with Crippen LogP contribution in [0.25, 0.3) is 0 Å². The number of hydrogen-bond donors (Lipinski definition) is 1. The van der Waals surface area contributed by atoms with Gasteiger partial charge in [-0.1, -0.05) is 12.1 Å². The maximum Gasteiger partial charge on any atom is 0.337 e. The highest BCUT2D eigenvalue weighted by Crippen LogP contribution is 2.21. The average Bonchev–Trinajstić information content (AvgIpc) is 2.81. The quantitative estimate of drug-likeness (QED) is 0.878. The van der Waals surface area contributed by atoms with Gasteiger partial charge in [-0.3, -0.25) is 0 Å². The van der Waals surface area contributed by atoms with E-state index in [1.807, 2.05) is 24.1 Å². The number of benzene rings is 1. The molecule has 0 amide bonds. The second-order valence-corrected chi connectivity index (χ2v) is 3.81. The van der Waals surface area contributed by atoms with E-state index in [0.29, 0.717) is 17.8 Å². The number of carboxylic acids is 1. The van der Waals surface area contributed by atoms with Crippen molar-refractivity contribution in [3.05, 3.63) is 54.0 Å². The van der Waals surface area contributed by atoms with E-state index in [4.69, 9.17) is 9.52 Å². The molecule has 1 N–H and O–H groups in total. The summed E-state index contributed by atoms with van der Waals surface area (Å²) in [5.41, 5.74) is 2.01. The van der Waals surface area contributed by atoms with Gasteiger partial charge in [-0.2, -0.15) is 0 Å². The van der Waals surface area contributed by atoms with Crippen molar-refractivity contribution in [2.45, 2.75) is 6.54 Å². The van der Waals surface area contributed by atoms with E-state index >= 15 is 0 Å². The van der Waals surface area contributed by atoms with Crippen LogP contribution in [-0.2, 0) is 6.54 Å². The van der Waals surface area contributed by atoms with Crippen molar-refractivity contribution < 1.29 is 14.3 Å². The Balaban J connectivity index is 2.24. The van der Waals surface area contributed by atoms with Crippen LogP contribution in [0.15, 0.2) is 47.3 Å². The van der Waals surface area contributed by atoms with Crippen molar-refractivity contribution in [2.75, 3.05) is 11.9 Å². The second kappa shape index (κ2) is 4.74. The molecule has 0 atom stereocenters. The number of aromatic carboxylic acids is 1.